The summed E-state index contributed by atoms with van der Waals surface area (Å²) in [6.45, 7) is 3.81. The van der Waals surface area contributed by atoms with E-state index in [1.54, 1.807) is 6.07 Å². The Morgan fingerprint density at radius 1 is 0.931 bits per heavy atom. The van der Waals surface area contributed by atoms with Gasteiger partial charge in [0, 0.05) is 5.69 Å². The number of aliphatic carboxylic acids is 2. The van der Waals surface area contributed by atoms with Gasteiger partial charge >= 0.3 is 24.3 Å². The maximum atomic E-state index is 11.7. The number of H-pyrrole nitrogens is 1. The lowest BCUT2D eigenvalue weighted by atomic mass is 10.0. The van der Waals surface area contributed by atoms with E-state index in [-0.39, 0.29) is 5.56 Å². The van der Waals surface area contributed by atoms with Gasteiger partial charge in [-0.3, -0.25) is 4.79 Å². The zero-order valence-corrected chi connectivity index (χ0v) is 14.7. The second-order valence-electron chi connectivity index (χ2n) is 5.30. The Bertz CT molecular complexity index is 942. The van der Waals surface area contributed by atoms with Crippen LogP contribution >= 0.6 is 0 Å². The molecule has 0 saturated carbocycles. The Kier molecular flexibility index (Phi) is 8.07. The number of pyridine rings is 1. The van der Waals surface area contributed by atoms with Gasteiger partial charge in [-0.25, -0.2) is 9.59 Å². The fourth-order valence-electron chi connectivity index (χ4n) is 1.72. The molecule has 0 unspecified atom stereocenters. The van der Waals surface area contributed by atoms with Gasteiger partial charge in [0.25, 0.3) is 5.56 Å². The Morgan fingerprint density at radius 2 is 1.31 bits per heavy atom. The predicted molar refractivity (Wildman–Crippen MR) is 90.2 cm³/mol. The van der Waals surface area contributed by atoms with Crippen LogP contribution in [0, 0.1) is 13.8 Å². The van der Waals surface area contributed by atoms with Crippen molar-refractivity contribution in [3.63, 3.8) is 0 Å². The highest BCUT2D eigenvalue weighted by molar-refractivity contribution is 5.99. The van der Waals surface area contributed by atoms with Crippen molar-refractivity contribution in [3.8, 4) is 0 Å². The van der Waals surface area contributed by atoms with Crippen molar-refractivity contribution in [2.45, 2.75) is 26.2 Å². The van der Waals surface area contributed by atoms with Crippen LogP contribution in [-0.4, -0.2) is 39.5 Å². The van der Waals surface area contributed by atoms with Crippen LogP contribution in [0.4, 0.5) is 37.7 Å². The summed E-state index contributed by atoms with van der Waals surface area (Å²) < 4.78 is 63.5. The standard InChI is InChI=1S/C11H13N3O.2C2HF3O2/c1-5-6(2)14-11(15)9-7(5)3-4-8(12)10(9)13;2*3-2(4,5)1(6)7/h3-4H,12-13H2,1-2H3,(H,14,15);2*(H,6,7). The van der Waals surface area contributed by atoms with E-state index in [2.05, 4.69) is 4.98 Å². The first-order valence-electron chi connectivity index (χ1n) is 7.18. The molecule has 29 heavy (non-hydrogen) atoms. The third-order valence-electron chi connectivity index (χ3n) is 3.26. The highest BCUT2D eigenvalue weighted by Gasteiger charge is 2.38. The minimum Gasteiger partial charge on any atom is -0.475 e. The number of anilines is 2. The van der Waals surface area contributed by atoms with Crippen LogP contribution in [0.2, 0.25) is 0 Å². The van der Waals surface area contributed by atoms with Gasteiger partial charge in [-0.1, -0.05) is 6.07 Å². The van der Waals surface area contributed by atoms with Crippen LogP contribution in [0.5, 0.6) is 0 Å². The third-order valence-corrected chi connectivity index (χ3v) is 3.26. The van der Waals surface area contributed by atoms with Crippen molar-refractivity contribution in [2.75, 3.05) is 11.5 Å². The minimum atomic E-state index is -5.08. The van der Waals surface area contributed by atoms with Gasteiger partial charge < -0.3 is 26.7 Å². The number of alkyl halides is 6. The number of fused-ring (bicyclic) bond motifs is 1. The van der Waals surface area contributed by atoms with E-state index in [9.17, 15) is 31.1 Å². The van der Waals surface area contributed by atoms with Crippen molar-refractivity contribution in [2.24, 2.45) is 0 Å². The molecule has 7 N–H and O–H groups in total. The number of hydrogen-bond acceptors (Lipinski definition) is 5. The van der Waals surface area contributed by atoms with Gasteiger partial charge in [-0.2, -0.15) is 26.3 Å². The molecule has 0 saturated heterocycles. The molecule has 0 aliphatic rings. The fraction of sp³-hybridized carbons (Fsp3) is 0.267. The number of carbonyl (C=O) groups is 2. The predicted octanol–water partition coefficient (Wildman–Crippen LogP) is 2.58. The monoisotopic (exact) mass is 431 g/mol. The van der Waals surface area contributed by atoms with Crippen molar-refractivity contribution >= 4 is 34.1 Å². The van der Waals surface area contributed by atoms with Gasteiger partial charge in [0.15, 0.2) is 0 Å². The smallest absolute Gasteiger partial charge is 0.475 e. The number of aromatic nitrogens is 1. The van der Waals surface area contributed by atoms with Crippen LogP contribution in [0.15, 0.2) is 16.9 Å². The number of nitrogen functional groups attached to an aromatic ring is 2. The molecule has 1 aromatic carbocycles. The zero-order valence-electron chi connectivity index (χ0n) is 14.7. The molecular weight excluding hydrogens is 416 g/mol. The molecular formula is C15H15F6N3O5. The topological polar surface area (TPSA) is 160 Å². The van der Waals surface area contributed by atoms with Gasteiger partial charge in [-0.15, -0.1) is 0 Å². The molecule has 1 heterocycles. The van der Waals surface area contributed by atoms with Gasteiger partial charge in [0.05, 0.1) is 16.8 Å². The summed E-state index contributed by atoms with van der Waals surface area (Å²) in [5.41, 5.74) is 14.0. The van der Waals surface area contributed by atoms with Gasteiger partial charge in [0.1, 0.15) is 0 Å². The summed E-state index contributed by atoms with van der Waals surface area (Å²) in [5.74, 6) is -5.51. The molecule has 0 radical (unpaired) electrons. The molecule has 1 aromatic heterocycles. The lowest BCUT2D eigenvalue weighted by molar-refractivity contribution is -0.193. The zero-order chi connectivity index (χ0) is 23.3. The first-order valence-corrected chi connectivity index (χ1v) is 7.18. The fourth-order valence-corrected chi connectivity index (χ4v) is 1.72. The van der Waals surface area contributed by atoms with Crippen LogP contribution < -0.4 is 17.0 Å². The van der Waals surface area contributed by atoms with E-state index in [0.29, 0.717) is 16.8 Å². The lowest BCUT2D eigenvalue weighted by Crippen LogP contribution is -2.21. The molecule has 0 spiro atoms. The SMILES string of the molecule is Cc1[nH]c(=O)c2c(N)c(N)ccc2c1C.O=C(O)C(F)(F)F.O=C(O)C(F)(F)F. The number of benzene rings is 1. The van der Waals surface area contributed by atoms with E-state index in [1.807, 2.05) is 19.9 Å². The number of aromatic amines is 1. The second kappa shape index (κ2) is 9.16. The number of halogens is 6. The highest BCUT2D eigenvalue weighted by Crippen LogP contribution is 2.26. The minimum absolute atomic E-state index is 0.182. The van der Waals surface area contributed by atoms with Crippen LogP contribution in [0.25, 0.3) is 10.8 Å². The quantitative estimate of drug-likeness (QED) is 0.317. The van der Waals surface area contributed by atoms with E-state index < -0.39 is 24.3 Å². The Balaban J connectivity index is 0.000000473. The number of rotatable bonds is 0. The Morgan fingerprint density at radius 3 is 1.66 bits per heavy atom. The van der Waals surface area contributed by atoms with Crippen LogP contribution in [0.3, 0.4) is 0 Å². The molecule has 0 aliphatic carbocycles. The molecule has 0 aliphatic heterocycles. The van der Waals surface area contributed by atoms with Crippen molar-refractivity contribution in [1.82, 2.24) is 4.98 Å². The van der Waals surface area contributed by atoms with E-state index in [1.165, 1.54) is 0 Å². The van der Waals surface area contributed by atoms with Crippen molar-refractivity contribution < 1.29 is 46.1 Å². The molecule has 2 aromatic rings. The first kappa shape index (κ1) is 25.6. The van der Waals surface area contributed by atoms with Crippen LogP contribution in [-0.2, 0) is 9.59 Å². The normalized spacial score (nSPS) is 11.0. The Hall–Kier alpha value is -3.45. The van der Waals surface area contributed by atoms with Crippen molar-refractivity contribution in [3.05, 3.63) is 33.7 Å². The van der Waals surface area contributed by atoms with E-state index >= 15 is 0 Å². The van der Waals surface area contributed by atoms with Gasteiger partial charge in [0.2, 0.25) is 0 Å². The van der Waals surface area contributed by atoms with Crippen LogP contribution in [0.1, 0.15) is 11.3 Å². The van der Waals surface area contributed by atoms with Crippen molar-refractivity contribution in [1.29, 1.82) is 0 Å². The molecule has 14 heteroatoms. The first-order chi connectivity index (χ1) is 12.9. The third kappa shape index (κ3) is 7.23. The largest absolute Gasteiger partial charge is 0.490 e. The number of carboxylic acid groups (broad SMARTS) is 2. The summed E-state index contributed by atoms with van der Waals surface area (Å²) in [6.07, 6.45) is -10.2. The Labute approximate surface area is 157 Å². The maximum absolute atomic E-state index is 11.7. The van der Waals surface area contributed by atoms with E-state index in [4.69, 9.17) is 31.3 Å². The molecule has 8 nitrogen and oxygen atoms in total. The number of aryl methyl sites for hydroxylation is 2. The molecule has 0 amide bonds. The highest BCUT2D eigenvalue weighted by atomic mass is 19.4. The van der Waals surface area contributed by atoms with Gasteiger partial charge in [-0.05, 0) is 30.9 Å². The summed E-state index contributed by atoms with van der Waals surface area (Å²) in [6, 6.07) is 3.56. The molecule has 2 rings (SSSR count). The number of nitrogens with two attached hydrogens (primary N) is 2. The molecule has 0 atom stereocenters. The molecule has 0 fully saturated rings. The number of carboxylic acids is 2. The summed E-state index contributed by atoms with van der Waals surface area (Å²) in [5, 5.41) is 15.6. The lowest BCUT2D eigenvalue weighted by Gasteiger charge is -2.08. The maximum Gasteiger partial charge on any atom is 0.490 e. The molecule has 0 bridgehead atoms. The summed E-state index contributed by atoms with van der Waals surface area (Å²) >= 11 is 0. The average molecular weight is 431 g/mol. The van der Waals surface area contributed by atoms with E-state index in [0.717, 1.165) is 16.6 Å². The molecule has 162 valence electrons. The number of nitrogens with one attached hydrogen (secondary N) is 1. The second-order valence-corrected chi connectivity index (χ2v) is 5.30. The summed E-state index contributed by atoms with van der Waals surface area (Å²) in [7, 11) is 0. The summed E-state index contributed by atoms with van der Waals surface area (Å²) in [4.78, 5) is 32.3. The average Bonchev–Trinajstić information content (AvgIpc) is 2.54. The number of hydrogen-bond donors (Lipinski definition) is 5.